The summed E-state index contributed by atoms with van der Waals surface area (Å²) in [6.07, 6.45) is 0. The van der Waals surface area contributed by atoms with E-state index in [1.165, 1.54) is 44.2 Å². The van der Waals surface area contributed by atoms with Gasteiger partial charge in [-0.1, -0.05) is 84.9 Å². The van der Waals surface area contributed by atoms with Gasteiger partial charge >= 0.3 is 0 Å². The molecule has 8 rings (SSSR count). The maximum absolute atomic E-state index is 10.1. The first-order valence-electron chi connectivity index (χ1n) is 13.2. The zero-order chi connectivity index (χ0) is 26.1. The van der Waals surface area contributed by atoms with E-state index in [4.69, 9.17) is 0 Å². The minimum Gasteiger partial charge on any atom is -0.508 e. The molecule has 0 spiro atoms. The van der Waals surface area contributed by atoms with E-state index in [1.807, 2.05) is 24.3 Å². The van der Waals surface area contributed by atoms with Crippen LogP contribution in [0.2, 0.25) is 0 Å². The summed E-state index contributed by atoms with van der Waals surface area (Å²) in [5.74, 6) is 0.538. The van der Waals surface area contributed by atoms with Crippen molar-refractivity contribution in [1.29, 1.82) is 0 Å². The van der Waals surface area contributed by atoms with Crippen LogP contribution in [0.15, 0.2) is 133 Å². The average Bonchev–Trinajstić information content (AvgIpc) is 3.25. The van der Waals surface area contributed by atoms with Crippen molar-refractivity contribution in [1.82, 2.24) is 0 Å². The molecule has 2 heteroatoms. The van der Waals surface area contributed by atoms with Gasteiger partial charge in [-0.05, 0) is 114 Å². The Kier molecular flexibility index (Phi) is 4.48. The molecule has 0 unspecified atom stereocenters. The smallest absolute Gasteiger partial charge is 0.116 e. The van der Waals surface area contributed by atoms with Gasteiger partial charge in [0.15, 0.2) is 0 Å². The van der Waals surface area contributed by atoms with Crippen LogP contribution < -0.4 is 0 Å². The van der Waals surface area contributed by atoms with E-state index in [0.29, 0.717) is 0 Å². The lowest BCUT2D eigenvalue weighted by molar-refractivity contribution is 0.475. The van der Waals surface area contributed by atoms with Crippen molar-refractivity contribution in [2.75, 3.05) is 0 Å². The molecule has 0 atom stereocenters. The van der Waals surface area contributed by atoms with E-state index in [2.05, 4.69) is 97.1 Å². The van der Waals surface area contributed by atoms with E-state index in [0.717, 1.165) is 21.5 Å². The molecule has 0 aromatic heterocycles. The average molecular weight is 501 g/mol. The van der Waals surface area contributed by atoms with Crippen LogP contribution in [0.1, 0.15) is 22.3 Å². The van der Waals surface area contributed by atoms with Gasteiger partial charge in [0.1, 0.15) is 11.5 Å². The molecule has 0 saturated carbocycles. The Hall–Kier alpha value is -5.08. The highest BCUT2D eigenvalue weighted by Crippen LogP contribution is 2.57. The third kappa shape index (κ3) is 3.09. The van der Waals surface area contributed by atoms with Crippen LogP contribution in [0.25, 0.3) is 43.4 Å². The predicted molar refractivity (Wildman–Crippen MR) is 160 cm³/mol. The Bertz CT molecular complexity index is 2020. The molecule has 0 heterocycles. The normalized spacial score (nSPS) is 13.5. The van der Waals surface area contributed by atoms with E-state index < -0.39 is 5.41 Å². The van der Waals surface area contributed by atoms with E-state index in [1.54, 1.807) is 12.1 Å². The van der Waals surface area contributed by atoms with E-state index in [-0.39, 0.29) is 11.5 Å². The largest absolute Gasteiger partial charge is 0.508 e. The van der Waals surface area contributed by atoms with Crippen molar-refractivity contribution >= 4 is 32.3 Å². The van der Waals surface area contributed by atoms with Crippen LogP contribution in [0.4, 0.5) is 0 Å². The first-order valence-corrected chi connectivity index (χ1v) is 13.2. The number of fused-ring (bicyclic) bond motifs is 6. The minimum absolute atomic E-state index is 0.269. The van der Waals surface area contributed by atoms with Crippen molar-refractivity contribution < 1.29 is 10.2 Å². The molecule has 0 bridgehead atoms. The number of rotatable bonds is 2. The summed E-state index contributed by atoms with van der Waals surface area (Å²) in [5, 5.41) is 26.8. The zero-order valence-corrected chi connectivity index (χ0v) is 21.1. The highest BCUT2D eigenvalue weighted by atomic mass is 16.3. The summed E-state index contributed by atoms with van der Waals surface area (Å²) in [6.45, 7) is 0. The number of aromatic hydroxyl groups is 2. The Morgan fingerprint density at radius 2 is 0.846 bits per heavy atom. The summed E-state index contributed by atoms with van der Waals surface area (Å²) in [6, 6.07) is 46.4. The predicted octanol–water partition coefficient (Wildman–Crippen LogP) is 8.92. The lowest BCUT2D eigenvalue weighted by atomic mass is 9.67. The molecule has 2 N–H and O–H groups in total. The maximum Gasteiger partial charge on any atom is 0.116 e. The molecule has 39 heavy (non-hydrogen) atoms. The van der Waals surface area contributed by atoms with Gasteiger partial charge in [0.25, 0.3) is 0 Å². The van der Waals surface area contributed by atoms with Gasteiger partial charge in [0.05, 0.1) is 5.41 Å². The molecule has 0 radical (unpaired) electrons. The maximum atomic E-state index is 10.1. The fourth-order valence-electron chi connectivity index (χ4n) is 6.68. The molecular formula is C37H24O2. The molecule has 7 aromatic carbocycles. The molecule has 0 fully saturated rings. The second-order valence-corrected chi connectivity index (χ2v) is 10.5. The molecule has 0 aliphatic heterocycles. The second-order valence-electron chi connectivity index (χ2n) is 10.5. The number of hydrogen-bond acceptors (Lipinski definition) is 2. The highest BCUT2D eigenvalue weighted by Gasteiger charge is 2.46. The lowest BCUT2D eigenvalue weighted by Gasteiger charge is -2.34. The highest BCUT2D eigenvalue weighted by molar-refractivity contribution is 5.97. The number of phenols is 2. The Morgan fingerprint density at radius 1 is 0.359 bits per heavy atom. The lowest BCUT2D eigenvalue weighted by Crippen LogP contribution is -2.28. The van der Waals surface area contributed by atoms with E-state index >= 15 is 0 Å². The van der Waals surface area contributed by atoms with Crippen LogP contribution in [-0.4, -0.2) is 10.2 Å². The minimum atomic E-state index is -0.548. The van der Waals surface area contributed by atoms with Crippen LogP contribution in [0, 0.1) is 0 Å². The zero-order valence-electron chi connectivity index (χ0n) is 21.1. The molecule has 184 valence electrons. The molecular weight excluding hydrogens is 476 g/mol. The first kappa shape index (κ1) is 22.0. The van der Waals surface area contributed by atoms with E-state index in [9.17, 15) is 10.2 Å². The number of hydrogen-bond donors (Lipinski definition) is 2. The fraction of sp³-hybridized carbons (Fsp3) is 0.0270. The standard InChI is InChI=1S/C37H24O2/c38-31-15-11-25-17-29(13-9-27(25)19-31)37(30-14-10-28-20-32(39)16-12-26(28)18-30)35-8-4-3-7-33(35)34-21-23-5-1-2-6-24(23)22-36(34)37/h1-22,38-39H. The summed E-state index contributed by atoms with van der Waals surface area (Å²) >= 11 is 0. The summed E-state index contributed by atoms with van der Waals surface area (Å²) in [7, 11) is 0. The van der Waals surface area contributed by atoms with Crippen LogP contribution in [0.3, 0.4) is 0 Å². The third-order valence-corrected chi connectivity index (χ3v) is 8.42. The van der Waals surface area contributed by atoms with Gasteiger partial charge in [-0.3, -0.25) is 0 Å². The molecule has 1 aliphatic carbocycles. The molecule has 0 amide bonds. The second kappa shape index (κ2) is 7.96. The molecule has 1 aliphatic rings. The fourth-order valence-corrected chi connectivity index (χ4v) is 6.68. The SMILES string of the molecule is Oc1ccc2cc(C3(c4ccc5cc(O)ccc5c4)c4ccccc4-c4cc5ccccc5cc43)ccc2c1. The summed E-state index contributed by atoms with van der Waals surface area (Å²) in [4.78, 5) is 0. The van der Waals surface area contributed by atoms with Gasteiger partial charge in [0, 0.05) is 0 Å². The molecule has 2 nitrogen and oxygen atoms in total. The topological polar surface area (TPSA) is 40.5 Å². The van der Waals surface area contributed by atoms with Crippen molar-refractivity contribution in [3.05, 3.63) is 156 Å². The number of phenolic OH excluding ortho intramolecular Hbond substituents is 2. The van der Waals surface area contributed by atoms with Crippen molar-refractivity contribution in [2.24, 2.45) is 0 Å². The summed E-state index contributed by atoms with van der Waals surface area (Å²) < 4.78 is 0. The monoisotopic (exact) mass is 500 g/mol. The summed E-state index contributed by atoms with van der Waals surface area (Å²) in [5.41, 5.74) is 6.83. The van der Waals surface area contributed by atoms with Crippen LogP contribution >= 0.6 is 0 Å². The van der Waals surface area contributed by atoms with Crippen molar-refractivity contribution in [2.45, 2.75) is 5.41 Å². The van der Waals surface area contributed by atoms with Gasteiger partial charge in [-0.15, -0.1) is 0 Å². The Balaban J connectivity index is 1.54. The number of benzene rings is 7. The van der Waals surface area contributed by atoms with Crippen molar-refractivity contribution in [3.63, 3.8) is 0 Å². The quantitative estimate of drug-likeness (QED) is 0.249. The Labute approximate surface area is 226 Å². The van der Waals surface area contributed by atoms with Gasteiger partial charge in [-0.25, -0.2) is 0 Å². The first-order chi connectivity index (χ1) is 19.1. The van der Waals surface area contributed by atoms with Crippen molar-refractivity contribution in [3.8, 4) is 22.6 Å². The van der Waals surface area contributed by atoms with Crippen LogP contribution in [-0.2, 0) is 5.41 Å². The molecule has 0 saturated heterocycles. The Morgan fingerprint density at radius 3 is 1.49 bits per heavy atom. The van der Waals surface area contributed by atoms with Crippen LogP contribution in [0.5, 0.6) is 11.5 Å². The van der Waals surface area contributed by atoms with Gasteiger partial charge < -0.3 is 10.2 Å². The van der Waals surface area contributed by atoms with Gasteiger partial charge in [-0.2, -0.15) is 0 Å². The van der Waals surface area contributed by atoms with Gasteiger partial charge in [0.2, 0.25) is 0 Å². The third-order valence-electron chi connectivity index (χ3n) is 8.42. The molecule has 7 aromatic rings.